The first-order valence-electron chi connectivity index (χ1n) is 5.33. The van der Waals surface area contributed by atoms with E-state index in [-0.39, 0.29) is 5.54 Å². The highest BCUT2D eigenvalue weighted by Gasteiger charge is 2.35. The Morgan fingerprint density at radius 2 is 2.21 bits per heavy atom. The summed E-state index contributed by atoms with van der Waals surface area (Å²) in [6, 6.07) is 0. The molecule has 0 aromatic heterocycles. The van der Waals surface area contributed by atoms with Gasteiger partial charge < -0.3 is 5.32 Å². The molecule has 1 aliphatic heterocycles. The van der Waals surface area contributed by atoms with E-state index in [2.05, 4.69) is 38.2 Å². The average Bonchev–Trinajstić information content (AvgIpc) is 2.00. The Hall–Kier alpha value is -0.430. The van der Waals surface area contributed by atoms with Crippen molar-refractivity contribution in [3.05, 3.63) is 22.9 Å². The third-order valence-corrected chi connectivity index (χ3v) is 3.52. The summed E-state index contributed by atoms with van der Waals surface area (Å²) in [6.45, 7) is 6.85. The van der Waals surface area contributed by atoms with Gasteiger partial charge in [-0.1, -0.05) is 24.6 Å². The molecule has 0 aromatic carbocycles. The van der Waals surface area contributed by atoms with E-state index >= 15 is 0 Å². The van der Waals surface area contributed by atoms with E-state index in [1.165, 1.54) is 12.1 Å². The first-order valence-corrected chi connectivity index (χ1v) is 5.71. The number of allylic oxidation sites excluding steroid dienone is 4. The van der Waals surface area contributed by atoms with Crippen molar-refractivity contribution in [2.75, 3.05) is 0 Å². The minimum Gasteiger partial charge on any atom is -0.383 e. The van der Waals surface area contributed by atoms with Crippen LogP contribution in [0.2, 0.25) is 0 Å². The molecule has 2 rings (SSSR count). The lowest BCUT2D eigenvalue weighted by Gasteiger charge is -2.43. The molecular weight excluding hydrogens is 194 g/mol. The molecule has 0 aromatic rings. The van der Waals surface area contributed by atoms with E-state index in [4.69, 9.17) is 11.6 Å². The monoisotopic (exact) mass is 211 g/mol. The zero-order chi connectivity index (χ0) is 10.3. The van der Waals surface area contributed by atoms with Crippen LogP contribution in [-0.2, 0) is 0 Å². The maximum absolute atomic E-state index is 6.02. The Morgan fingerprint density at radius 1 is 1.50 bits per heavy atom. The van der Waals surface area contributed by atoms with Crippen LogP contribution in [0.5, 0.6) is 0 Å². The fraction of sp³-hybridized carbons (Fsp3) is 0.667. The van der Waals surface area contributed by atoms with E-state index in [9.17, 15) is 0 Å². The van der Waals surface area contributed by atoms with Gasteiger partial charge in [0.05, 0.1) is 0 Å². The molecule has 2 atom stereocenters. The summed E-state index contributed by atoms with van der Waals surface area (Å²) < 4.78 is 0. The Morgan fingerprint density at radius 3 is 2.93 bits per heavy atom. The Labute approximate surface area is 91.2 Å². The van der Waals surface area contributed by atoms with Crippen molar-refractivity contribution in [1.82, 2.24) is 5.32 Å². The van der Waals surface area contributed by atoms with Crippen molar-refractivity contribution in [3.63, 3.8) is 0 Å². The van der Waals surface area contributed by atoms with Crippen LogP contribution in [0.15, 0.2) is 22.9 Å². The minimum atomic E-state index is 0.219. The van der Waals surface area contributed by atoms with Gasteiger partial charge in [0.1, 0.15) is 0 Å². The largest absolute Gasteiger partial charge is 0.383 e. The second-order valence-electron chi connectivity index (χ2n) is 5.22. The zero-order valence-corrected chi connectivity index (χ0v) is 9.86. The van der Waals surface area contributed by atoms with Crippen LogP contribution >= 0.6 is 11.6 Å². The molecule has 1 N–H and O–H groups in total. The van der Waals surface area contributed by atoms with Gasteiger partial charge in [0.2, 0.25) is 0 Å². The summed E-state index contributed by atoms with van der Waals surface area (Å²) in [7, 11) is 0. The van der Waals surface area contributed by atoms with Gasteiger partial charge in [0, 0.05) is 22.2 Å². The summed E-state index contributed by atoms with van der Waals surface area (Å²) in [5, 5.41) is 4.47. The van der Waals surface area contributed by atoms with Crippen molar-refractivity contribution < 1.29 is 0 Å². The lowest BCUT2D eigenvalue weighted by molar-refractivity contribution is 0.213. The molecule has 0 saturated carbocycles. The SMILES string of the molecule is CC1CC(C)(C)NC2=CC(Cl)=CCC21. The molecule has 2 unspecified atom stereocenters. The van der Waals surface area contributed by atoms with Gasteiger partial charge in [0.15, 0.2) is 0 Å². The van der Waals surface area contributed by atoms with Crippen molar-refractivity contribution >= 4 is 11.6 Å². The lowest BCUT2D eigenvalue weighted by atomic mass is 9.74. The topological polar surface area (TPSA) is 12.0 Å². The van der Waals surface area contributed by atoms with Crippen LogP contribution in [-0.4, -0.2) is 5.54 Å². The quantitative estimate of drug-likeness (QED) is 0.648. The molecule has 2 aliphatic rings. The molecule has 1 saturated heterocycles. The second-order valence-corrected chi connectivity index (χ2v) is 5.66. The van der Waals surface area contributed by atoms with E-state index in [1.54, 1.807) is 0 Å². The summed E-state index contributed by atoms with van der Waals surface area (Å²) in [4.78, 5) is 0. The molecule has 1 nitrogen and oxygen atoms in total. The second kappa shape index (κ2) is 3.30. The molecular formula is C12H18ClN. The van der Waals surface area contributed by atoms with Crippen LogP contribution in [0.4, 0.5) is 0 Å². The van der Waals surface area contributed by atoms with Gasteiger partial charge in [-0.25, -0.2) is 0 Å². The molecule has 1 heterocycles. The predicted octanol–water partition coefficient (Wildman–Crippen LogP) is 3.42. The standard InChI is InChI=1S/C12H18ClN/c1-8-7-12(2,3)14-11-6-9(13)4-5-10(8)11/h4,6,8,10,14H,5,7H2,1-3H3. The molecule has 2 heteroatoms. The number of rotatable bonds is 0. The van der Waals surface area contributed by atoms with Gasteiger partial charge in [-0.3, -0.25) is 0 Å². The van der Waals surface area contributed by atoms with Crippen molar-refractivity contribution in [2.24, 2.45) is 11.8 Å². The Balaban J connectivity index is 2.26. The molecule has 78 valence electrons. The molecule has 1 fully saturated rings. The van der Waals surface area contributed by atoms with Crippen LogP contribution in [0.3, 0.4) is 0 Å². The third-order valence-electron chi connectivity index (χ3n) is 3.26. The van der Waals surface area contributed by atoms with Gasteiger partial charge in [-0.15, -0.1) is 0 Å². The minimum absolute atomic E-state index is 0.219. The highest BCUT2D eigenvalue weighted by atomic mass is 35.5. The summed E-state index contributed by atoms with van der Waals surface area (Å²) in [6.07, 6.45) is 6.55. The van der Waals surface area contributed by atoms with E-state index in [0.717, 1.165) is 17.4 Å². The Bertz CT molecular complexity index is 301. The predicted molar refractivity (Wildman–Crippen MR) is 61.1 cm³/mol. The smallest absolute Gasteiger partial charge is 0.0383 e. The maximum atomic E-state index is 6.02. The third kappa shape index (κ3) is 1.83. The van der Waals surface area contributed by atoms with E-state index < -0.39 is 0 Å². The van der Waals surface area contributed by atoms with Gasteiger partial charge in [0.25, 0.3) is 0 Å². The number of hydrogen-bond donors (Lipinski definition) is 1. The van der Waals surface area contributed by atoms with E-state index in [0.29, 0.717) is 5.92 Å². The first kappa shape index (κ1) is 10.1. The number of hydrogen-bond acceptors (Lipinski definition) is 1. The summed E-state index contributed by atoms with van der Waals surface area (Å²) in [5.41, 5.74) is 1.55. The summed E-state index contributed by atoms with van der Waals surface area (Å²) in [5.74, 6) is 1.41. The van der Waals surface area contributed by atoms with Crippen LogP contribution in [0, 0.1) is 11.8 Å². The molecule has 0 radical (unpaired) electrons. The van der Waals surface area contributed by atoms with Gasteiger partial charge in [-0.05, 0) is 38.7 Å². The Kier molecular flexibility index (Phi) is 2.38. The maximum Gasteiger partial charge on any atom is 0.0383 e. The molecule has 0 bridgehead atoms. The van der Waals surface area contributed by atoms with Gasteiger partial charge in [-0.2, -0.15) is 0 Å². The molecule has 1 aliphatic carbocycles. The van der Waals surface area contributed by atoms with Gasteiger partial charge >= 0.3 is 0 Å². The zero-order valence-electron chi connectivity index (χ0n) is 9.10. The van der Waals surface area contributed by atoms with Crippen LogP contribution in [0.25, 0.3) is 0 Å². The number of nitrogens with one attached hydrogen (secondary N) is 1. The van der Waals surface area contributed by atoms with Crippen LogP contribution < -0.4 is 5.32 Å². The fourth-order valence-corrected chi connectivity index (χ4v) is 2.94. The fourth-order valence-electron chi connectivity index (χ4n) is 2.74. The molecule has 14 heavy (non-hydrogen) atoms. The van der Waals surface area contributed by atoms with E-state index in [1.807, 2.05) is 0 Å². The van der Waals surface area contributed by atoms with Crippen molar-refractivity contribution in [1.29, 1.82) is 0 Å². The lowest BCUT2D eigenvalue weighted by Crippen LogP contribution is -2.48. The highest BCUT2D eigenvalue weighted by molar-refractivity contribution is 6.31. The number of piperidine rings is 1. The highest BCUT2D eigenvalue weighted by Crippen LogP contribution is 2.39. The van der Waals surface area contributed by atoms with Crippen LogP contribution in [0.1, 0.15) is 33.6 Å². The normalized spacial score (nSPS) is 35.1. The van der Waals surface area contributed by atoms with Crippen molar-refractivity contribution in [2.45, 2.75) is 39.2 Å². The average molecular weight is 212 g/mol. The summed E-state index contributed by atoms with van der Waals surface area (Å²) >= 11 is 6.02. The molecule has 0 spiro atoms. The first-order chi connectivity index (χ1) is 6.48. The number of fused-ring (bicyclic) bond motifs is 1. The molecule has 0 amide bonds. The number of halogens is 1. The van der Waals surface area contributed by atoms with Crippen molar-refractivity contribution in [3.8, 4) is 0 Å².